The monoisotopic (exact) mass is 227 g/mol. The van der Waals surface area contributed by atoms with Crippen LogP contribution < -0.4 is 10.6 Å². The maximum Gasteiger partial charge on any atom is 0.268 e. The third-order valence-corrected chi connectivity index (χ3v) is 2.61. The molecule has 0 radical (unpaired) electrons. The van der Waals surface area contributed by atoms with E-state index in [-0.39, 0.29) is 11.5 Å². The number of amides is 1. The van der Waals surface area contributed by atoms with Gasteiger partial charge in [0.05, 0.1) is 0 Å². The van der Waals surface area contributed by atoms with E-state index >= 15 is 0 Å². The molecule has 1 aliphatic heterocycles. The van der Waals surface area contributed by atoms with Crippen LogP contribution >= 0.6 is 0 Å². The lowest BCUT2D eigenvalue weighted by Gasteiger charge is -2.06. The zero-order chi connectivity index (χ0) is 12.1. The Hall–Kier alpha value is -2.28. The zero-order valence-electron chi connectivity index (χ0n) is 9.36. The average molecular weight is 227 g/mol. The van der Waals surface area contributed by atoms with Gasteiger partial charge in [-0.05, 0) is 25.0 Å². The van der Waals surface area contributed by atoms with Gasteiger partial charge in [-0.2, -0.15) is 5.26 Å². The minimum atomic E-state index is -0.344. The van der Waals surface area contributed by atoms with Crippen LogP contribution in [0.5, 0.6) is 0 Å². The lowest BCUT2D eigenvalue weighted by molar-refractivity contribution is -0.112. The molecule has 2 N–H and O–H groups in total. The Morgan fingerprint density at radius 2 is 2.12 bits per heavy atom. The molecule has 0 aromatic heterocycles. The first-order valence-electron chi connectivity index (χ1n) is 5.55. The minimum Gasteiger partial charge on any atom is -0.387 e. The number of carbonyl (C=O) groups excluding carboxylic acids is 1. The smallest absolute Gasteiger partial charge is 0.268 e. The van der Waals surface area contributed by atoms with Gasteiger partial charge in [0.15, 0.2) is 0 Å². The van der Waals surface area contributed by atoms with Crippen molar-refractivity contribution in [3.8, 4) is 6.07 Å². The second-order valence-electron chi connectivity index (χ2n) is 3.82. The first kappa shape index (κ1) is 11.2. The Balaban J connectivity index is 2.15. The quantitative estimate of drug-likeness (QED) is 0.598. The number of anilines is 1. The van der Waals surface area contributed by atoms with Crippen molar-refractivity contribution in [1.82, 2.24) is 5.32 Å². The highest BCUT2D eigenvalue weighted by atomic mass is 16.1. The average Bonchev–Trinajstić information content (AvgIpc) is 2.85. The number of rotatable bonds is 2. The Labute approximate surface area is 99.9 Å². The first-order chi connectivity index (χ1) is 8.31. The van der Waals surface area contributed by atoms with Crippen LogP contribution in [0.15, 0.2) is 41.6 Å². The molecule has 0 bridgehead atoms. The molecule has 1 fully saturated rings. The van der Waals surface area contributed by atoms with E-state index in [1.54, 1.807) is 12.1 Å². The minimum absolute atomic E-state index is 0.186. The molecule has 4 nitrogen and oxygen atoms in total. The fourth-order valence-electron chi connectivity index (χ4n) is 1.78. The topological polar surface area (TPSA) is 64.9 Å². The van der Waals surface area contributed by atoms with Crippen molar-refractivity contribution in [2.24, 2.45) is 0 Å². The summed E-state index contributed by atoms with van der Waals surface area (Å²) in [5, 5.41) is 14.8. The standard InChI is InChI=1S/C13H13N3O/c14-9-11(12-7-4-8-15-12)13(17)16-10-5-2-1-3-6-10/h1-3,5-6,15H,4,7-8H2,(H,16,17)/b12-11+. The summed E-state index contributed by atoms with van der Waals surface area (Å²) in [5.41, 5.74) is 1.64. The fraction of sp³-hybridized carbons (Fsp3) is 0.231. The number of hydrogen-bond acceptors (Lipinski definition) is 3. The van der Waals surface area contributed by atoms with Crippen molar-refractivity contribution < 1.29 is 4.79 Å². The summed E-state index contributed by atoms with van der Waals surface area (Å²) in [5.74, 6) is -0.344. The SMILES string of the molecule is N#C/C(C(=O)Nc1ccccc1)=C1/CCCN1. The summed E-state index contributed by atoms with van der Waals surface area (Å²) >= 11 is 0. The predicted molar refractivity (Wildman–Crippen MR) is 64.9 cm³/mol. The van der Waals surface area contributed by atoms with Gasteiger partial charge in [-0.15, -0.1) is 0 Å². The van der Waals surface area contributed by atoms with Gasteiger partial charge in [0.25, 0.3) is 5.91 Å². The van der Waals surface area contributed by atoms with Crippen LogP contribution in [-0.2, 0) is 4.79 Å². The van der Waals surface area contributed by atoms with Gasteiger partial charge in [0, 0.05) is 17.9 Å². The summed E-state index contributed by atoms with van der Waals surface area (Å²) in [7, 11) is 0. The van der Waals surface area contributed by atoms with E-state index in [0.29, 0.717) is 5.69 Å². The number of para-hydroxylation sites is 1. The maximum absolute atomic E-state index is 11.9. The fourth-order valence-corrected chi connectivity index (χ4v) is 1.78. The zero-order valence-corrected chi connectivity index (χ0v) is 9.36. The molecule has 2 rings (SSSR count). The van der Waals surface area contributed by atoms with E-state index < -0.39 is 0 Å². The molecule has 4 heteroatoms. The molecule has 1 saturated heterocycles. The van der Waals surface area contributed by atoms with Crippen LogP contribution in [0.2, 0.25) is 0 Å². The number of nitrogens with one attached hydrogen (secondary N) is 2. The largest absolute Gasteiger partial charge is 0.387 e. The Morgan fingerprint density at radius 3 is 2.71 bits per heavy atom. The van der Waals surface area contributed by atoms with Gasteiger partial charge in [-0.25, -0.2) is 0 Å². The molecule has 1 heterocycles. The van der Waals surface area contributed by atoms with Crippen molar-refractivity contribution in [2.45, 2.75) is 12.8 Å². The van der Waals surface area contributed by atoms with Crippen LogP contribution in [0.1, 0.15) is 12.8 Å². The number of benzene rings is 1. The summed E-state index contributed by atoms with van der Waals surface area (Å²) in [6, 6.07) is 11.1. The highest BCUT2D eigenvalue weighted by molar-refractivity contribution is 6.07. The van der Waals surface area contributed by atoms with Crippen LogP contribution in [-0.4, -0.2) is 12.5 Å². The molecule has 1 aliphatic rings. The van der Waals surface area contributed by atoms with E-state index in [1.807, 2.05) is 24.3 Å². The molecular formula is C13H13N3O. The van der Waals surface area contributed by atoms with E-state index in [1.165, 1.54) is 0 Å². The van der Waals surface area contributed by atoms with E-state index in [9.17, 15) is 4.79 Å². The van der Waals surface area contributed by atoms with Crippen LogP contribution in [0.3, 0.4) is 0 Å². The molecule has 17 heavy (non-hydrogen) atoms. The van der Waals surface area contributed by atoms with Gasteiger partial charge in [-0.1, -0.05) is 18.2 Å². The molecule has 1 aromatic carbocycles. The number of carbonyl (C=O) groups is 1. The molecular weight excluding hydrogens is 214 g/mol. The Morgan fingerprint density at radius 1 is 1.35 bits per heavy atom. The summed E-state index contributed by atoms with van der Waals surface area (Å²) in [6.07, 6.45) is 1.74. The molecule has 0 atom stereocenters. The molecule has 86 valence electrons. The Bertz CT molecular complexity index is 477. The van der Waals surface area contributed by atoms with Crippen LogP contribution in [0.25, 0.3) is 0 Å². The molecule has 0 aliphatic carbocycles. The van der Waals surface area contributed by atoms with Crippen molar-refractivity contribution in [2.75, 3.05) is 11.9 Å². The highest BCUT2D eigenvalue weighted by Gasteiger charge is 2.18. The van der Waals surface area contributed by atoms with E-state index in [2.05, 4.69) is 10.6 Å². The van der Waals surface area contributed by atoms with Crippen molar-refractivity contribution >= 4 is 11.6 Å². The third kappa shape index (κ3) is 2.64. The normalized spacial score (nSPS) is 16.9. The summed E-state index contributed by atoms with van der Waals surface area (Å²) < 4.78 is 0. The van der Waals surface area contributed by atoms with Crippen molar-refractivity contribution in [1.29, 1.82) is 5.26 Å². The van der Waals surface area contributed by atoms with Crippen molar-refractivity contribution in [3.63, 3.8) is 0 Å². The lowest BCUT2D eigenvalue weighted by Crippen LogP contribution is -2.18. The van der Waals surface area contributed by atoms with E-state index in [4.69, 9.17) is 5.26 Å². The number of allylic oxidation sites excluding steroid dienone is 1. The second kappa shape index (κ2) is 5.17. The van der Waals surface area contributed by atoms with Gasteiger partial charge in [0.2, 0.25) is 0 Å². The predicted octanol–water partition coefficient (Wildman–Crippen LogP) is 1.79. The van der Waals surface area contributed by atoms with Crippen LogP contribution in [0.4, 0.5) is 5.69 Å². The summed E-state index contributed by atoms with van der Waals surface area (Å²) in [6.45, 7) is 0.832. The summed E-state index contributed by atoms with van der Waals surface area (Å²) in [4.78, 5) is 11.9. The van der Waals surface area contributed by atoms with Gasteiger partial charge < -0.3 is 10.6 Å². The maximum atomic E-state index is 11.9. The second-order valence-corrected chi connectivity index (χ2v) is 3.82. The third-order valence-electron chi connectivity index (χ3n) is 2.61. The van der Waals surface area contributed by atoms with Crippen LogP contribution in [0, 0.1) is 11.3 Å². The van der Waals surface area contributed by atoms with E-state index in [0.717, 1.165) is 25.1 Å². The molecule has 0 spiro atoms. The number of nitrogens with zero attached hydrogens (tertiary/aromatic N) is 1. The Kier molecular flexibility index (Phi) is 3.41. The lowest BCUT2D eigenvalue weighted by atomic mass is 10.1. The first-order valence-corrected chi connectivity index (χ1v) is 5.55. The van der Waals surface area contributed by atoms with Gasteiger partial charge >= 0.3 is 0 Å². The van der Waals surface area contributed by atoms with Crippen molar-refractivity contribution in [3.05, 3.63) is 41.6 Å². The highest BCUT2D eigenvalue weighted by Crippen LogP contribution is 2.15. The molecule has 0 saturated carbocycles. The molecule has 1 amide bonds. The number of hydrogen-bond donors (Lipinski definition) is 2. The molecule has 1 aromatic rings. The van der Waals surface area contributed by atoms with Gasteiger partial charge in [-0.3, -0.25) is 4.79 Å². The molecule has 0 unspecified atom stereocenters. The van der Waals surface area contributed by atoms with Gasteiger partial charge in [0.1, 0.15) is 11.6 Å². The number of nitriles is 1.